The minimum atomic E-state index is -0.834. The molecule has 0 bridgehead atoms. The summed E-state index contributed by atoms with van der Waals surface area (Å²) in [5.74, 6) is -0.976. The molecule has 1 aromatic rings. The van der Waals surface area contributed by atoms with Crippen molar-refractivity contribution < 1.29 is 9.53 Å². The fraction of sp³-hybridized carbons (Fsp3) is 0.389. The third-order valence-electron chi connectivity index (χ3n) is 4.42. The normalized spacial score (nSPS) is 26.3. The average Bonchev–Trinajstić information content (AvgIpc) is 2.45. The van der Waals surface area contributed by atoms with Crippen LogP contribution in [0.5, 0.6) is 0 Å². The molecule has 0 fully saturated rings. The van der Waals surface area contributed by atoms with E-state index in [0.29, 0.717) is 34.8 Å². The summed E-state index contributed by atoms with van der Waals surface area (Å²) in [4.78, 5) is 12.7. The summed E-state index contributed by atoms with van der Waals surface area (Å²) in [5, 5.41) is 18.1. The summed E-state index contributed by atoms with van der Waals surface area (Å²) in [6.45, 7) is 4.01. The van der Waals surface area contributed by atoms with Crippen molar-refractivity contribution in [2.75, 3.05) is 0 Å². The Morgan fingerprint density at radius 2 is 2.04 bits per heavy atom. The van der Waals surface area contributed by atoms with Crippen LogP contribution in [-0.4, -0.2) is 11.7 Å². The smallest absolute Gasteiger partial charge is 0.205 e. The largest absolute Gasteiger partial charge is 0.446 e. The van der Waals surface area contributed by atoms with Crippen molar-refractivity contribution in [3.8, 4) is 6.07 Å². The fourth-order valence-electron chi connectivity index (χ4n) is 3.43. The molecule has 1 aliphatic heterocycles. The highest BCUT2D eigenvalue weighted by Crippen LogP contribution is 2.48. The lowest BCUT2D eigenvalue weighted by molar-refractivity contribution is -0.119. The summed E-state index contributed by atoms with van der Waals surface area (Å²) in [6, 6.07) is 9.29. The summed E-state index contributed by atoms with van der Waals surface area (Å²) in [6.07, 6.45) is 0.983. The van der Waals surface area contributed by atoms with Gasteiger partial charge in [0, 0.05) is 29.4 Å². The first-order chi connectivity index (χ1) is 10.8. The molecule has 0 spiro atoms. The zero-order chi connectivity index (χ0) is 16.8. The molecule has 0 radical (unpaired) electrons. The number of nitrogens with one attached hydrogen (secondary N) is 1. The predicted octanol–water partition coefficient (Wildman–Crippen LogP) is 4.21. The van der Waals surface area contributed by atoms with Crippen LogP contribution in [0.2, 0.25) is 5.02 Å². The van der Waals surface area contributed by atoms with Crippen LogP contribution < -0.4 is 0 Å². The third kappa shape index (κ3) is 2.66. The van der Waals surface area contributed by atoms with Crippen LogP contribution in [0.25, 0.3) is 0 Å². The zero-order valence-electron chi connectivity index (χ0n) is 13.0. The first kappa shape index (κ1) is 15.8. The van der Waals surface area contributed by atoms with Crippen molar-refractivity contribution in [3.05, 3.63) is 46.2 Å². The molecule has 5 heteroatoms. The van der Waals surface area contributed by atoms with Crippen molar-refractivity contribution in [1.82, 2.24) is 0 Å². The highest BCUT2D eigenvalue weighted by molar-refractivity contribution is 6.31. The summed E-state index contributed by atoms with van der Waals surface area (Å²) < 4.78 is 5.57. The number of benzene rings is 1. The molecule has 0 saturated heterocycles. The van der Waals surface area contributed by atoms with Gasteiger partial charge >= 0.3 is 0 Å². The second-order valence-electron chi connectivity index (χ2n) is 6.85. The molecule has 1 aromatic carbocycles. The second kappa shape index (κ2) is 5.50. The van der Waals surface area contributed by atoms with Gasteiger partial charge < -0.3 is 4.74 Å². The van der Waals surface area contributed by atoms with Crippen LogP contribution in [-0.2, 0) is 9.53 Å². The molecule has 2 atom stereocenters. The molecule has 1 aliphatic carbocycles. The Kier molecular flexibility index (Phi) is 3.77. The average molecular weight is 329 g/mol. The van der Waals surface area contributed by atoms with Crippen LogP contribution in [0.3, 0.4) is 0 Å². The van der Waals surface area contributed by atoms with Gasteiger partial charge in [-0.2, -0.15) is 5.26 Å². The molecule has 4 nitrogen and oxygen atoms in total. The lowest BCUT2D eigenvalue weighted by Crippen LogP contribution is -2.38. The van der Waals surface area contributed by atoms with Crippen molar-refractivity contribution in [3.63, 3.8) is 0 Å². The lowest BCUT2D eigenvalue weighted by Gasteiger charge is -2.39. The van der Waals surface area contributed by atoms with Gasteiger partial charge in [0.2, 0.25) is 5.90 Å². The number of hydrogen-bond acceptors (Lipinski definition) is 4. The number of allylic oxidation sites excluding steroid dienone is 2. The van der Waals surface area contributed by atoms with Crippen LogP contribution in [0.4, 0.5) is 0 Å². The number of carbonyl (C=O) groups excluding carboxylic acids is 1. The molecule has 23 heavy (non-hydrogen) atoms. The number of nitriles is 1. The van der Waals surface area contributed by atoms with Gasteiger partial charge in [0.15, 0.2) is 5.78 Å². The molecule has 2 aliphatic rings. The molecule has 1 N–H and O–H groups in total. The van der Waals surface area contributed by atoms with Crippen molar-refractivity contribution >= 4 is 23.3 Å². The van der Waals surface area contributed by atoms with Gasteiger partial charge in [0.05, 0.1) is 6.07 Å². The van der Waals surface area contributed by atoms with Gasteiger partial charge in [-0.3, -0.25) is 10.2 Å². The first-order valence-corrected chi connectivity index (χ1v) is 7.88. The van der Waals surface area contributed by atoms with E-state index in [4.69, 9.17) is 21.7 Å². The van der Waals surface area contributed by atoms with E-state index in [9.17, 15) is 10.1 Å². The molecule has 3 rings (SSSR count). The minimum absolute atomic E-state index is 0.0195. The van der Waals surface area contributed by atoms with E-state index in [1.54, 1.807) is 12.1 Å². The standard InChI is InChI=1S/C18H17ClN2O2/c1-18(2)7-13(22)16-14(8-18)23-17(21)11(9-20)15(16)10-5-3-4-6-12(10)19/h3-6,11,15,21H,7-8H2,1-2H3. The van der Waals surface area contributed by atoms with Gasteiger partial charge in [-0.1, -0.05) is 43.6 Å². The van der Waals surface area contributed by atoms with Crippen molar-refractivity contribution in [2.24, 2.45) is 11.3 Å². The summed E-state index contributed by atoms with van der Waals surface area (Å²) >= 11 is 6.31. The fourth-order valence-corrected chi connectivity index (χ4v) is 3.68. The Morgan fingerprint density at radius 1 is 1.35 bits per heavy atom. The zero-order valence-corrected chi connectivity index (χ0v) is 13.8. The topological polar surface area (TPSA) is 73.9 Å². The molecule has 0 amide bonds. The van der Waals surface area contributed by atoms with E-state index in [1.807, 2.05) is 26.0 Å². The Balaban J connectivity index is 2.21. The number of hydrogen-bond donors (Lipinski definition) is 1. The Labute approximate surface area is 140 Å². The van der Waals surface area contributed by atoms with Gasteiger partial charge in [0.25, 0.3) is 0 Å². The number of ketones is 1. The quantitative estimate of drug-likeness (QED) is 0.839. The first-order valence-electron chi connectivity index (χ1n) is 7.50. The monoisotopic (exact) mass is 328 g/mol. The molecule has 2 unspecified atom stereocenters. The molecular weight excluding hydrogens is 312 g/mol. The van der Waals surface area contributed by atoms with Gasteiger partial charge in [-0.05, 0) is 17.0 Å². The van der Waals surface area contributed by atoms with Gasteiger partial charge in [0.1, 0.15) is 11.7 Å². The summed E-state index contributed by atoms with van der Waals surface area (Å²) in [7, 11) is 0. The van der Waals surface area contributed by atoms with Crippen molar-refractivity contribution in [2.45, 2.75) is 32.6 Å². The molecule has 0 saturated carbocycles. The lowest BCUT2D eigenvalue weighted by atomic mass is 9.68. The van der Waals surface area contributed by atoms with E-state index in [2.05, 4.69) is 6.07 Å². The Morgan fingerprint density at radius 3 is 2.70 bits per heavy atom. The van der Waals surface area contributed by atoms with Crippen molar-refractivity contribution in [1.29, 1.82) is 10.7 Å². The van der Waals surface area contributed by atoms with E-state index < -0.39 is 11.8 Å². The van der Waals surface area contributed by atoms with Gasteiger partial charge in [-0.15, -0.1) is 0 Å². The number of carbonyl (C=O) groups is 1. The Bertz CT molecular complexity index is 773. The number of halogens is 1. The number of rotatable bonds is 1. The molecule has 0 aromatic heterocycles. The number of nitrogens with zero attached hydrogens (tertiary/aromatic N) is 1. The van der Waals surface area contributed by atoms with E-state index >= 15 is 0 Å². The predicted molar refractivity (Wildman–Crippen MR) is 87.2 cm³/mol. The maximum atomic E-state index is 12.7. The maximum absolute atomic E-state index is 12.7. The van der Waals surface area contributed by atoms with Crippen LogP contribution in [0.1, 0.15) is 38.2 Å². The SMILES string of the molecule is CC1(C)CC(=O)C2=C(C1)OC(=N)C(C#N)C2c1ccccc1Cl. The highest BCUT2D eigenvalue weighted by Gasteiger charge is 2.46. The van der Waals surface area contributed by atoms with Crippen LogP contribution in [0.15, 0.2) is 35.6 Å². The maximum Gasteiger partial charge on any atom is 0.205 e. The third-order valence-corrected chi connectivity index (χ3v) is 4.76. The number of ether oxygens (including phenoxy) is 1. The molecular formula is C18H17ClN2O2. The van der Waals surface area contributed by atoms with E-state index in [-0.39, 0.29) is 17.1 Å². The van der Waals surface area contributed by atoms with E-state index in [1.165, 1.54) is 0 Å². The molecule has 118 valence electrons. The van der Waals surface area contributed by atoms with Gasteiger partial charge in [-0.25, -0.2) is 0 Å². The van der Waals surface area contributed by atoms with Crippen LogP contribution in [0, 0.1) is 28.1 Å². The summed E-state index contributed by atoms with van der Waals surface area (Å²) in [5.41, 5.74) is 1.01. The Hall–Kier alpha value is -2.12. The highest BCUT2D eigenvalue weighted by atomic mass is 35.5. The molecule has 1 heterocycles. The van der Waals surface area contributed by atoms with E-state index in [0.717, 1.165) is 0 Å². The minimum Gasteiger partial charge on any atom is -0.446 e. The second-order valence-corrected chi connectivity index (χ2v) is 7.26. The number of Topliss-reactive ketones (excluding diaryl/α,β-unsaturated/α-hetero) is 1. The van der Waals surface area contributed by atoms with Crippen LogP contribution >= 0.6 is 11.6 Å².